The van der Waals surface area contributed by atoms with Crippen molar-refractivity contribution in [3.63, 3.8) is 0 Å². The second-order valence-electron chi connectivity index (χ2n) is 8.90. The number of pyridine rings is 1. The van der Waals surface area contributed by atoms with Crippen molar-refractivity contribution in [2.45, 2.75) is 50.5 Å². The minimum Gasteiger partial charge on any atom is -0.487 e. The molecule has 0 saturated carbocycles. The smallest absolute Gasteiger partial charge is 0.247 e. The zero-order valence-electron chi connectivity index (χ0n) is 20.0. The Bertz CT molecular complexity index is 1130. The molecular weight excluding hydrogens is 454 g/mol. The second kappa shape index (κ2) is 11.3. The normalized spacial score (nSPS) is 21.9. The summed E-state index contributed by atoms with van der Waals surface area (Å²) < 4.78 is 34.7. The van der Waals surface area contributed by atoms with Crippen molar-refractivity contribution < 1.29 is 23.4 Å². The third-order valence-corrected chi connectivity index (χ3v) is 7.78. The van der Waals surface area contributed by atoms with Gasteiger partial charge in [-0.05, 0) is 50.7 Å². The Labute approximate surface area is 202 Å². The number of rotatable bonds is 6. The highest BCUT2D eigenvalue weighted by Gasteiger charge is 2.38. The predicted octanol–water partition coefficient (Wildman–Crippen LogP) is 1.71. The first-order valence-corrected chi connectivity index (χ1v) is 12.8. The Morgan fingerprint density at radius 2 is 2.09 bits per heavy atom. The summed E-state index contributed by atoms with van der Waals surface area (Å²) in [6, 6.07) is 8.01. The number of aromatic nitrogens is 1. The topological polar surface area (TPSA) is 103 Å². The van der Waals surface area contributed by atoms with E-state index in [1.54, 1.807) is 32.2 Å². The zero-order valence-corrected chi connectivity index (χ0v) is 20.9. The summed E-state index contributed by atoms with van der Waals surface area (Å²) in [5.74, 6) is 5.60. The quantitative estimate of drug-likeness (QED) is 0.598. The summed E-state index contributed by atoms with van der Waals surface area (Å²) in [5.41, 5.74) is 1.62. The van der Waals surface area contributed by atoms with E-state index in [0.29, 0.717) is 18.7 Å². The van der Waals surface area contributed by atoms with Crippen LogP contribution in [0.3, 0.4) is 0 Å². The Kier molecular flexibility index (Phi) is 8.68. The van der Waals surface area contributed by atoms with E-state index in [4.69, 9.17) is 4.74 Å². The number of hydrogen-bond acceptors (Lipinski definition) is 7. The molecule has 2 heterocycles. The van der Waals surface area contributed by atoms with E-state index in [9.17, 15) is 18.6 Å². The average molecular weight is 488 g/mol. The van der Waals surface area contributed by atoms with Gasteiger partial charge in [0.05, 0.1) is 6.61 Å². The van der Waals surface area contributed by atoms with Gasteiger partial charge >= 0.3 is 0 Å². The lowest BCUT2D eigenvalue weighted by molar-refractivity contribution is 0.0733. The molecule has 0 fully saturated rings. The highest BCUT2D eigenvalue weighted by molar-refractivity contribution is 7.89. The minimum absolute atomic E-state index is 0.0437. The average Bonchev–Trinajstić information content (AvgIpc) is 2.80. The number of aliphatic hydroxyl groups is 2. The van der Waals surface area contributed by atoms with Gasteiger partial charge in [-0.1, -0.05) is 24.8 Å². The molecule has 34 heavy (non-hydrogen) atoms. The van der Waals surface area contributed by atoms with Crippen molar-refractivity contribution in [2.24, 2.45) is 5.92 Å². The van der Waals surface area contributed by atoms with Gasteiger partial charge in [-0.15, -0.1) is 0 Å². The fraction of sp³-hybridized carbons (Fsp3) is 0.480. The van der Waals surface area contributed by atoms with Gasteiger partial charge in [0.15, 0.2) is 0 Å². The third kappa shape index (κ3) is 6.34. The third-order valence-electron chi connectivity index (χ3n) is 5.76. The Morgan fingerprint density at radius 1 is 1.32 bits per heavy atom. The van der Waals surface area contributed by atoms with Crippen molar-refractivity contribution >= 4 is 10.0 Å². The summed E-state index contributed by atoms with van der Waals surface area (Å²) >= 11 is 0. The largest absolute Gasteiger partial charge is 0.487 e. The standard InChI is InChI=1S/C25H33N3O5S/c1-18-14-28(19(2)17-29)34(31,32)25-10-9-21(8-7-20(3)30)12-23(25)33-24(18)16-27(4)15-22-6-5-11-26-13-22/h5-6,9-13,18-20,24,29-30H,14-17H2,1-4H3/t18-,19+,20-,24+/m0/s1. The number of aliphatic hydroxyl groups excluding tert-OH is 2. The summed E-state index contributed by atoms with van der Waals surface area (Å²) in [6.45, 7) is 6.37. The summed E-state index contributed by atoms with van der Waals surface area (Å²) in [7, 11) is -1.92. The van der Waals surface area contributed by atoms with Crippen LogP contribution in [0.2, 0.25) is 0 Å². The van der Waals surface area contributed by atoms with Gasteiger partial charge in [0, 0.05) is 49.6 Å². The van der Waals surface area contributed by atoms with Crippen LogP contribution in [0.25, 0.3) is 0 Å². The van der Waals surface area contributed by atoms with E-state index in [-0.39, 0.29) is 35.8 Å². The van der Waals surface area contributed by atoms with E-state index < -0.39 is 22.2 Å². The van der Waals surface area contributed by atoms with Crippen LogP contribution in [0.5, 0.6) is 5.75 Å². The Hall–Kier alpha value is -2.48. The van der Waals surface area contributed by atoms with Gasteiger partial charge in [-0.3, -0.25) is 9.88 Å². The van der Waals surface area contributed by atoms with E-state index in [1.165, 1.54) is 10.4 Å². The molecule has 184 valence electrons. The molecule has 0 radical (unpaired) electrons. The van der Waals surface area contributed by atoms with Gasteiger partial charge < -0.3 is 14.9 Å². The van der Waals surface area contributed by atoms with E-state index in [0.717, 1.165) is 5.56 Å². The van der Waals surface area contributed by atoms with Crippen LogP contribution >= 0.6 is 0 Å². The molecule has 0 spiro atoms. The number of nitrogens with zero attached hydrogens (tertiary/aromatic N) is 3. The van der Waals surface area contributed by atoms with Crippen LogP contribution in [0, 0.1) is 17.8 Å². The first kappa shape index (κ1) is 26.1. The lowest BCUT2D eigenvalue weighted by Gasteiger charge is -2.37. The maximum Gasteiger partial charge on any atom is 0.247 e. The van der Waals surface area contributed by atoms with Crippen molar-refractivity contribution in [1.29, 1.82) is 0 Å². The lowest BCUT2D eigenvalue weighted by Crippen LogP contribution is -2.49. The number of likely N-dealkylation sites (N-methyl/N-ethyl adjacent to an activating group) is 1. The molecule has 9 heteroatoms. The van der Waals surface area contributed by atoms with Gasteiger partial charge in [0.1, 0.15) is 22.9 Å². The molecule has 0 aliphatic carbocycles. The van der Waals surface area contributed by atoms with Crippen molar-refractivity contribution in [2.75, 3.05) is 26.7 Å². The van der Waals surface area contributed by atoms with Gasteiger partial charge in [-0.25, -0.2) is 8.42 Å². The van der Waals surface area contributed by atoms with Crippen molar-refractivity contribution in [3.8, 4) is 17.6 Å². The molecule has 1 aromatic carbocycles. The van der Waals surface area contributed by atoms with Gasteiger partial charge in [0.2, 0.25) is 10.0 Å². The van der Waals surface area contributed by atoms with Crippen molar-refractivity contribution in [3.05, 3.63) is 53.9 Å². The molecule has 2 aromatic rings. The first-order valence-electron chi connectivity index (χ1n) is 11.3. The summed E-state index contributed by atoms with van der Waals surface area (Å²) in [5, 5.41) is 19.3. The van der Waals surface area contributed by atoms with Crippen LogP contribution < -0.4 is 4.74 Å². The molecule has 0 unspecified atom stereocenters. The minimum atomic E-state index is -3.91. The molecule has 0 saturated heterocycles. The fourth-order valence-electron chi connectivity index (χ4n) is 3.88. The monoisotopic (exact) mass is 487 g/mol. The second-order valence-corrected chi connectivity index (χ2v) is 10.8. The molecule has 4 atom stereocenters. The van der Waals surface area contributed by atoms with Crippen molar-refractivity contribution in [1.82, 2.24) is 14.2 Å². The SMILES string of the molecule is C[C@H](O)C#Cc1ccc2c(c1)O[C@H](CN(C)Cc1cccnc1)[C@@H](C)CN([C@H](C)CO)S2(=O)=O. The zero-order chi connectivity index (χ0) is 24.9. The molecular formula is C25H33N3O5S. The molecule has 1 aromatic heterocycles. The maximum absolute atomic E-state index is 13.5. The summed E-state index contributed by atoms with van der Waals surface area (Å²) in [6.07, 6.45) is 2.43. The molecule has 3 rings (SSSR count). The molecule has 1 aliphatic heterocycles. The predicted molar refractivity (Wildman–Crippen MR) is 130 cm³/mol. The van der Waals surface area contributed by atoms with Crippen LogP contribution in [0.1, 0.15) is 31.9 Å². The fourth-order valence-corrected chi connectivity index (χ4v) is 5.71. The number of hydrogen-bond donors (Lipinski definition) is 2. The molecule has 8 nitrogen and oxygen atoms in total. The maximum atomic E-state index is 13.5. The van der Waals surface area contributed by atoms with Crippen LogP contribution in [0.15, 0.2) is 47.6 Å². The van der Waals surface area contributed by atoms with Crippen LogP contribution in [-0.2, 0) is 16.6 Å². The van der Waals surface area contributed by atoms with Gasteiger partial charge in [-0.2, -0.15) is 4.31 Å². The molecule has 1 aliphatic rings. The molecule has 2 N–H and O–H groups in total. The highest BCUT2D eigenvalue weighted by atomic mass is 32.2. The summed E-state index contributed by atoms with van der Waals surface area (Å²) in [4.78, 5) is 6.32. The molecule has 0 amide bonds. The molecule has 0 bridgehead atoms. The lowest BCUT2D eigenvalue weighted by atomic mass is 10.0. The highest BCUT2D eigenvalue weighted by Crippen LogP contribution is 2.34. The Balaban J connectivity index is 1.99. The van der Waals surface area contributed by atoms with E-state index >= 15 is 0 Å². The number of fused-ring (bicyclic) bond motifs is 1. The first-order chi connectivity index (χ1) is 16.1. The van der Waals surface area contributed by atoms with E-state index in [2.05, 4.69) is 21.7 Å². The number of sulfonamides is 1. The number of ether oxygens (including phenoxy) is 1. The van der Waals surface area contributed by atoms with Crippen LogP contribution in [0.4, 0.5) is 0 Å². The Morgan fingerprint density at radius 3 is 2.74 bits per heavy atom. The van der Waals surface area contributed by atoms with E-state index in [1.807, 2.05) is 32.3 Å². The number of benzene rings is 1. The van der Waals surface area contributed by atoms with Gasteiger partial charge in [0.25, 0.3) is 0 Å². The van der Waals surface area contributed by atoms with Crippen LogP contribution in [-0.4, -0.2) is 77.8 Å².